The highest BCUT2D eigenvalue weighted by Crippen LogP contribution is 2.33. The number of hydrogen-bond acceptors (Lipinski definition) is 7. The Bertz CT molecular complexity index is 1450. The number of hydrogen-bond donors (Lipinski definition) is 2. The van der Waals surface area contributed by atoms with Gasteiger partial charge in [0.15, 0.2) is 11.5 Å². The molecule has 0 radical (unpaired) electrons. The summed E-state index contributed by atoms with van der Waals surface area (Å²) in [5.41, 5.74) is 4.80. The summed E-state index contributed by atoms with van der Waals surface area (Å²) in [7, 11) is 0. The minimum absolute atomic E-state index is 0.0219. The van der Waals surface area contributed by atoms with E-state index in [1.807, 2.05) is 48.5 Å². The predicted molar refractivity (Wildman–Crippen MR) is 132 cm³/mol. The average Bonchev–Trinajstić information content (AvgIpc) is 3.49. The fourth-order valence-electron chi connectivity index (χ4n) is 3.50. The van der Waals surface area contributed by atoms with Gasteiger partial charge in [-0.3, -0.25) is 4.79 Å². The van der Waals surface area contributed by atoms with Crippen LogP contribution in [0.3, 0.4) is 0 Å². The SMILES string of the molecule is Cc1ccc2nc(-c3ccc(N/C=C(/C#N)C(=O)NCc4ccc5c(c4)OCO5)cc3)sc2c1. The summed E-state index contributed by atoms with van der Waals surface area (Å²) in [6.45, 7) is 2.53. The Morgan fingerprint density at radius 2 is 1.94 bits per heavy atom. The first-order chi connectivity index (χ1) is 16.6. The van der Waals surface area contributed by atoms with E-state index in [1.165, 1.54) is 11.8 Å². The summed E-state index contributed by atoms with van der Waals surface area (Å²) < 4.78 is 11.8. The van der Waals surface area contributed by atoms with E-state index in [0.717, 1.165) is 32.0 Å². The quantitative estimate of drug-likeness (QED) is 0.301. The van der Waals surface area contributed by atoms with Gasteiger partial charge in [0.2, 0.25) is 6.79 Å². The summed E-state index contributed by atoms with van der Waals surface area (Å²) in [4.78, 5) is 17.2. The van der Waals surface area contributed by atoms with E-state index in [2.05, 4.69) is 29.7 Å². The van der Waals surface area contributed by atoms with Gasteiger partial charge in [-0.1, -0.05) is 12.1 Å². The van der Waals surface area contributed by atoms with E-state index in [0.29, 0.717) is 11.5 Å². The van der Waals surface area contributed by atoms with Crippen LogP contribution >= 0.6 is 11.3 Å². The zero-order chi connectivity index (χ0) is 23.5. The molecule has 7 nitrogen and oxygen atoms in total. The molecular weight excluding hydrogens is 448 g/mol. The highest BCUT2D eigenvalue weighted by molar-refractivity contribution is 7.21. The number of fused-ring (bicyclic) bond motifs is 2. The van der Waals surface area contributed by atoms with E-state index in [-0.39, 0.29) is 18.9 Å². The van der Waals surface area contributed by atoms with Crippen LogP contribution < -0.4 is 20.1 Å². The molecule has 0 unspecified atom stereocenters. The molecule has 0 bridgehead atoms. The summed E-state index contributed by atoms with van der Waals surface area (Å²) in [5.74, 6) is 0.865. The van der Waals surface area contributed by atoms with Crippen molar-refractivity contribution in [1.82, 2.24) is 10.3 Å². The van der Waals surface area contributed by atoms with Crippen LogP contribution in [0.5, 0.6) is 11.5 Å². The maximum atomic E-state index is 12.4. The standard InChI is InChI=1S/C26H20N4O3S/c1-16-2-8-21-24(10-16)34-26(30-21)18-4-6-20(7-5-18)28-14-19(12-27)25(31)29-13-17-3-9-22-23(11-17)33-15-32-22/h2-11,14,28H,13,15H2,1H3,(H,29,31)/b19-14-. The number of nitrogens with zero attached hydrogens (tertiary/aromatic N) is 2. The lowest BCUT2D eigenvalue weighted by molar-refractivity contribution is -0.117. The molecule has 1 aromatic heterocycles. The Morgan fingerprint density at radius 3 is 2.76 bits per heavy atom. The predicted octanol–water partition coefficient (Wildman–Crippen LogP) is 5.14. The number of benzene rings is 3. The van der Waals surface area contributed by atoms with Crippen LogP contribution in [0, 0.1) is 18.3 Å². The number of rotatable bonds is 6. The zero-order valence-electron chi connectivity index (χ0n) is 18.3. The minimum atomic E-state index is -0.464. The number of carbonyl (C=O) groups is 1. The molecule has 168 valence electrons. The lowest BCUT2D eigenvalue weighted by Crippen LogP contribution is -2.24. The van der Waals surface area contributed by atoms with E-state index in [4.69, 9.17) is 14.5 Å². The summed E-state index contributed by atoms with van der Waals surface area (Å²) in [6, 6.07) is 21.3. The molecule has 0 spiro atoms. The summed E-state index contributed by atoms with van der Waals surface area (Å²) in [5, 5.41) is 16.1. The van der Waals surface area contributed by atoms with Gasteiger partial charge >= 0.3 is 0 Å². The number of thiazole rings is 1. The Kier molecular flexibility index (Phi) is 5.85. The van der Waals surface area contributed by atoms with Gasteiger partial charge in [-0.25, -0.2) is 4.98 Å². The molecule has 1 amide bonds. The second kappa shape index (κ2) is 9.25. The minimum Gasteiger partial charge on any atom is -0.454 e. The van der Waals surface area contributed by atoms with Crippen molar-refractivity contribution in [3.05, 3.63) is 83.6 Å². The maximum Gasteiger partial charge on any atom is 0.263 e. The largest absolute Gasteiger partial charge is 0.454 e. The van der Waals surface area contributed by atoms with Crippen LogP contribution in [0.1, 0.15) is 11.1 Å². The first-order valence-electron chi connectivity index (χ1n) is 10.6. The molecular formula is C26H20N4O3S. The molecule has 8 heteroatoms. The number of ether oxygens (including phenoxy) is 2. The summed E-state index contributed by atoms with van der Waals surface area (Å²) in [6.07, 6.45) is 1.41. The zero-order valence-corrected chi connectivity index (χ0v) is 19.1. The van der Waals surface area contributed by atoms with Crippen molar-refractivity contribution in [3.8, 4) is 28.1 Å². The molecule has 0 atom stereocenters. The lowest BCUT2D eigenvalue weighted by atomic mass is 10.2. The third-order valence-electron chi connectivity index (χ3n) is 5.31. The number of carbonyl (C=O) groups excluding carboxylic acids is 1. The number of nitrogens with one attached hydrogen (secondary N) is 2. The van der Waals surface area contributed by atoms with Crippen molar-refractivity contribution in [1.29, 1.82) is 5.26 Å². The number of aryl methyl sites for hydroxylation is 1. The lowest BCUT2D eigenvalue weighted by Gasteiger charge is -2.07. The van der Waals surface area contributed by atoms with Crippen molar-refractivity contribution in [2.24, 2.45) is 0 Å². The molecule has 34 heavy (non-hydrogen) atoms. The van der Waals surface area contributed by atoms with Gasteiger partial charge in [-0.05, 0) is 66.6 Å². The van der Waals surface area contributed by atoms with Gasteiger partial charge in [-0.2, -0.15) is 5.26 Å². The number of amides is 1. The highest BCUT2D eigenvalue weighted by atomic mass is 32.1. The number of nitriles is 1. The molecule has 1 aliphatic heterocycles. The fourth-order valence-corrected chi connectivity index (χ4v) is 4.57. The Morgan fingerprint density at radius 1 is 1.12 bits per heavy atom. The van der Waals surface area contributed by atoms with Crippen molar-refractivity contribution < 1.29 is 14.3 Å². The molecule has 0 aliphatic carbocycles. The van der Waals surface area contributed by atoms with Crippen LogP contribution in [-0.2, 0) is 11.3 Å². The number of anilines is 1. The van der Waals surface area contributed by atoms with Gasteiger partial charge in [0.1, 0.15) is 16.6 Å². The van der Waals surface area contributed by atoms with E-state index in [9.17, 15) is 10.1 Å². The van der Waals surface area contributed by atoms with Crippen LogP contribution in [0.4, 0.5) is 5.69 Å². The number of aromatic nitrogens is 1. The molecule has 3 aromatic carbocycles. The third kappa shape index (κ3) is 4.56. The van der Waals surface area contributed by atoms with Gasteiger partial charge in [0, 0.05) is 24.0 Å². The molecule has 2 N–H and O–H groups in total. The Balaban J connectivity index is 1.22. The van der Waals surface area contributed by atoms with Crippen molar-refractivity contribution in [3.63, 3.8) is 0 Å². The first kappa shape index (κ1) is 21.5. The van der Waals surface area contributed by atoms with E-state index < -0.39 is 5.91 Å². The smallest absolute Gasteiger partial charge is 0.263 e. The van der Waals surface area contributed by atoms with Gasteiger partial charge in [0.05, 0.1) is 10.2 Å². The van der Waals surface area contributed by atoms with Crippen molar-refractivity contribution >= 4 is 33.1 Å². The topological polar surface area (TPSA) is 96.3 Å². The highest BCUT2D eigenvalue weighted by Gasteiger charge is 2.14. The molecule has 2 heterocycles. The molecule has 0 saturated heterocycles. The van der Waals surface area contributed by atoms with Crippen molar-refractivity contribution in [2.45, 2.75) is 13.5 Å². The Labute approximate surface area is 200 Å². The molecule has 0 saturated carbocycles. The van der Waals surface area contributed by atoms with Crippen LogP contribution in [0.25, 0.3) is 20.8 Å². The maximum absolute atomic E-state index is 12.4. The van der Waals surface area contributed by atoms with Crippen molar-refractivity contribution in [2.75, 3.05) is 12.1 Å². The van der Waals surface area contributed by atoms with Gasteiger partial charge < -0.3 is 20.1 Å². The normalized spacial score (nSPS) is 12.4. The monoisotopic (exact) mass is 468 g/mol. The second-order valence-electron chi connectivity index (χ2n) is 7.75. The van der Waals surface area contributed by atoms with Crippen LogP contribution in [0.2, 0.25) is 0 Å². The third-order valence-corrected chi connectivity index (χ3v) is 6.38. The van der Waals surface area contributed by atoms with Gasteiger partial charge in [-0.15, -0.1) is 11.3 Å². The van der Waals surface area contributed by atoms with Crippen LogP contribution in [0.15, 0.2) is 72.4 Å². The molecule has 1 aliphatic rings. The molecule has 0 fully saturated rings. The molecule has 4 aromatic rings. The summed E-state index contributed by atoms with van der Waals surface area (Å²) >= 11 is 1.65. The fraction of sp³-hybridized carbons (Fsp3) is 0.115. The van der Waals surface area contributed by atoms with E-state index >= 15 is 0 Å². The van der Waals surface area contributed by atoms with E-state index in [1.54, 1.807) is 17.4 Å². The first-order valence-corrected chi connectivity index (χ1v) is 11.4. The average molecular weight is 469 g/mol. The van der Waals surface area contributed by atoms with Crippen LogP contribution in [-0.4, -0.2) is 17.7 Å². The molecule has 5 rings (SSSR count). The second-order valence-corrected chi connectivity index (χ2v) is 8.78. The Hall–Kier alpha value is -4.35. The van der Waals surface area contributed by atoms with Gasteiger partial charge in [0.25, 0.3) is 5.91 Å².